The van der Waals surface area contributed by atoms with Crippen LogP contribution in [0.1, 0.15) is 5.69 Å². The Morgan fingerprint density at radius 3 is 2.78 bits per heavy atom. The van der Waals surface area contributed by atoms with Crippen LogP contribution in [0.25, 0.3) is 11.4 Å². The number of H-pyrrole nitrogens is 1. The minimum Gasteiger partial charge on any atom is -0.486 e. The highest BCUT2D eigenvalue weighted by Crippen LogP contribution is 2.34. The maximum absolute atomic E-state index is 9.07. The van der Waals surface area contributed by atoms with Gasteiger partial charge >= 0.3 is 0 Å². The maximum atomic E-state index is 9.07. The Bertz CT molecular complexity index is 583. The highest BCUT2D eigenvalue weighted by Gasteiger charge is 2.15. The minimum atomic E-state index is -0.170. The summed E-state index contributed by atoms with van der Waals surface area (Å²) in [5, 5.41) is 9.35. The zero-order chi connectivity index (χ0) is 12.5. The van der Waals surface area contributed by atoms with Crippen molar-refractivity contribution < 1.29 is 14.6 Å². The number of fused-ring (bicyclic) bond motifs is 1. The first-order valence-corrected chi connectivity index (χ1v) is 5.91. The summed E-state index contributed by atoms with van der Waals surface area (Å²) in [7, 11) is 0. The van der Waals surface area contributed by atoms with Gasteiger partial charge in [0.1, 0.15) is 19.0 Å². The first-order valence-electron chi connectivity index (χ1n) is 5.53. The number of hydrogen-bond acceptors (Lipinski definition) is 4. The second kappa shape index (κ2) is 4.51. The number of benzene rings is 1. The number of aliphatic hydroxyl groups is 1. The molecule has 18 heavy (non-hydrogen) atoms. The Morgan fingerprint density at radius 2 is 2.06 bits per heavy atom. The van der Waals surface area contributed by atoms with E-state index in [0.717, 1.165) is 11.3 Å². The predicted octanol–water partition coefficient (Wildman–Crippen LogP) is 1.99. The fraction of sp³-hybridized carbons (Fsp3) is 0.250. The van der Waals surface area contributed by atoms with Crippen LogP contribution in [0.5, 0.6) is 11.5 Å². The Balaban J connectivity index is 2.00. The van der Waals surface area contributed by atoms with Crippen LogP contribution in [0.15, 0.2) is 18.2 Å². The number of imidazole rings is 1. The smallest absolute Gasteiger partial charge is 0.162 e. The van der Waals surface area contributed by atoms with Crippen LogP contribution in [-0.4, -0.2) is 28.3 Å². The molecule has 0 unspecified atom stereocenters. The lowest BCUT2D eigenvalue weighted by Crippen LogP contribution is -2.15. The highest BCUT2D eigenvalue weighted by atomic mass is 35.5. The van der Waals surface area contributed by atoms with Crippen molar-refractivity contribution in [2.24, 2.45) is 0 Å². The molecule has 0 aliphatic carbocycles. The zero-order valence-corrected chi connectivity index (χ0v) is 10.2. The summed E-state index contributed by atoms with van der Waals surface area (Å²) in [5.41, 5.74) is 1.34. The molecule has 6 heteroatoms. The van der Waals surface area contributed by atoms with Crippen molar-refractivity contribution in [3.63, 3.8) is 0 Å². The van der Waals surface area contributed by atoms with E-state index in [2.05, 4.69) is 9.97 Å². The van der Waals surface area contributed by atoms with E-state index >= 15 is 0 Å². The fourth-order valence-corrected chi connectivity index (χ4v) is 2.01. The molecule has 5 nitrogen and oxygen atoms in total. The van der Waals surface area contributed by atoms with Crippen LogP contribution in [0.3, 0.4) is 0 Å². The first-order chi connectivity index (χ1) is 8.78. The van der Waals surface area contributed by atoms with E-state index < -0.39 is 0 Å². The summed E-state index contributed by atoms with van der Waals surface area (Å²) in [5.74, 6) is 2.02. The van der Waals surface area contributed by atoms with Gasteiger partial charge in [-0.1, -0.05) is 11.6 Å². The molecule has 0 saturated carbocycles. The average Bonchev–Trinajstić information content (AvgIpc) is 2.79. The predicted molar refractivity (Wildman–Crippen MR) is 65.9 cm³/mol. The van der Waals surface area contributed by atoms with Crippen molar-refractivity contribution >= 4 is 11.6 Å². The summed E-state index contributed by atoms with van der Waals surface area (Å²) in [6, 6.07) is 5.54. The molecule has 0 saturated heterocycles. The summed E-state index contributed by atoms with van der Waals surface area (Å²) >= 11 is 5.88. The van der Waals surface area contributed by atoms with Gasteiger partial charge in [0.05, 0.1) is 12.3 Å². The van der Waals surface area contributed by atoms with Gasteiger partial charge in [0.25, 0.3) is 0 Å². The number of aromatic nitrogens is 2. The van der Waals surface area contributed by atoms with Crippen LogP contribution in [0.4, 0.5) is 0 Å². The molecule has 2 heterocycles. The Labute approximate surface area is 108 Å². The average molecular weight is 267 g/mol. The fourth-order valence-electron chi connectivity index (χ4n) is 1.82. The zero-order valence-electron chi connectivity index (χ0n) is 9.44. The molecule has 3 rings (SSSR count). The van der Waals surface area contributed by atoms with Crippen molar-refractivity contribution in [1.82, 2.24) is 9.97 Å². The van der Waals surface area contributed by atoms with Gasteiger partial charge in [-0.15, -0.1) is 0 Å². The molecule has 0 atom stereocenters. The summed E-state index contributed by atoms with van der Waals surface area (Å²) in [6.45, 7) is 0.932. The Kier molecular flexibility index (Phi) is 2.85. The second-order valence-corrected chi connectivity index (χ2v) is 4.23. The SMILES string of the molecule is OCc1[nH]c(-c2ccc3c(c2)OCCO3)nc1Cl. The van der Waals surface area contributed by atoms with Gasteiger partial charge in [-0.25, -0.2) is 4.98 Å². The van der Waals surface area contributed by atoms with Gasteiger partial charge in [-0.05, 0) is 18.2 Å². The van der Waals surface area contributed by atoms with Gasteiger partial charge in [0, 0.05) is 5.56 Å². The topological polar surface area (TPSA) is 67.4 Å². The van der Waals surface area contributed by atoms with E-state index in [-0.39, 0.29) is 11.8 Å². The lowest BCUT2D eigenvalue weighted by molar-refractivity contribution is 0.171. The van der Waals surface area contributed by atoms with Gasteiger partial charge < -0.3 is 19.6 Å². The normalized spacial score (nSPS) is 13.7. The second-order valence-electron chi connectivity index (χ2n) is 3.87. The number of halogens is 1. The molecule has 0 fully saturated rings. The number of nitrogens with one attached hydrogen (secondary N) is 1. The summed E-state index contributed by atoms with van der Waals surface area (Å²) < 4.78 is 10.9. The van der Waals surface area contributed by atoms with Crippen LogP contribution < -0.4 is 9.47 Å². The quantitative estimate of drug-likeness (QED) is 0.872. The van der Waals surface area contributed by atoms with Crippen molar-refractivity contribution in [3.8, 4) is 22.9 Å². The monoisotopic (exact) mass is 266 g/mol. The molecule has 0 spiro atoms. The number of hydrogen-bond donors (Lipinski definition) is 2. The third-order valence-corrected chi connectivity index (χ3v) is 3.01. The van der Waals surface area contributed by atoms with Crippen LogP contribution in [-0.2, 0) is 6.61 Å². The highest BCUT2D eigenvalue weighted by molar-refractivity contribution is 6.30. The van der Waals surface area contributed by atoms with Crippen LogP contribution >= 0.6 is 11.6 Å². The molecule has 94 valence electrons. The van der Waals surface area contributed by atoms with Crippen LogP contribution in [0, 0.1) is 0 Å². The molecule has 0 radical (unpaired) electrons. The molecular weight excluding hydrogens is 256 g/mol. The van der Waals surface area contributed by atoms with Gasteiger partial charge in [-0.3, -0.25) is 0 Å². The van der Waals surface area contributed by atoms with E-state index in [1.54, 1.807) is 0 Å². The molecule has 2 aromatic rings. The molecule has 0 amide bonds. The van der Waals surface area contributed by atoms with Crippen molar-refractivity contribution in [3.05, 3.63) is 29.0 Å². The number of aromatic amines is 1. The molecule has 1 aliphatic rings. The Hall–Kier alpha value is -1.72. The number of ether oxygens (including phenoxy) is 2. The minimum absolute atomic E-state index is 0.170. The van der Waals surface area contributed by atoms with Gasteiger partial charge in [0.2, 0.25) is 0 Å². The first kappa shape index (κ1) is 11.4. The number of nitrogens with zero attached hydrogens (tertiary/aromatic N) is 1. The third-order valence-electron chi connectivity index (χ3n) is 2.70. The van der Waals surface area contributed by atoms with Crippen LogP contribution in [0.2, 0.25) is 5.15 Å². The van der Waals surface area contributed by atoms with Gasteiger partial charge in [-0.2, -0.15) is 0 Å². The van der Waals surface area contributed by atoms with Crippen molar-refractivity contribution in [2.75, 3.05) is 13.2 Å². The summed E-state index contributed by atoms with van der Waals surface area (Å²) in [6.07, 6.45) is 0. The third kappa shape index (κ3) is 1.91. The van der Waals surface area contributed by atoms with Crippen molar-refractivity contribution in [1.29, 1.82) is 0 Å². The summed E-state index contributed by atoms with van der Waals surface area (Å²) in [4.78, 5) is 7.12. The number of aliphatic hydroxyl groups excluding tert-OH is 1. The Morgan fingerprint density at radius 1 is 1.28 bits per heavy atom. The largest absolute Gasteiger partial charge is 0.486 e. The molecule has 1 aliphatic heterocycles. The lowest BCUT2D eigenvalue weighted by Gasteiger charge is -2.18. The standard InChI is InChI=1S/C12H11ClN2O3/c13-11-8(6-16)14-12(15-11)7-1-2-9-10(5-7)18-4-3-17-9/h1-2,5,16H,3-4,6H2,(H,14,15). The molecule has 1 aromatic carbocycles. The molecule has 0 bridgehead atoms. The molecule has 2 N–H and O–H groups in total. The maximum Gasteiger partial charge on any atom is 0.162 e. The van der Waals surface area contributed by atoms with Gasteiger partial charge in [0.15, 0.2) is 16.7 Å². The number of rotatable bonds is 2. The van der Waals surface area contributed by atoms with E-state index in [1.165, 1.54) is 0 Å². The lowest BCUT2D eigenvalue weighted by atomic mass is 10.2. The molecular formula is C12H11ClN2O3. The molecule has 1 aromatic heterocycles. The van der Waals surface area contributed by atoms with E-state index in [9.17, 15) is 0 Å². The van der Waals surface area contributed by atoms with E-state index in [4.69, 9.17) is 26.2 Å². The van der Waals surface area contributed by atoms with E-state index in [0.29, 0.717) is 30.5 Å². The van der Waals surface area contributed by atoms with Crippen molar-refractivity contribution in [2.45, 2.75) is 6.61 Å². The van der Waals surface area contributed by atoms with E-state index in [1.807, 2.05) is 18.2 Å².